The topological polar surface area (TPSA) is 76.2 Å². The second-order valence-electron chi connectivity index (χ2n) is 3.73. The number of aromatic nitrogens is 1. The van der Waals surface area contributed by atoms with E-state index in [1.807, 2.05) is 0 Å². The Balaban J connectivity index is 3.30. The summed E-state index contributed by atoms with van der Waals surface area (Å²) in [7, 11) is 1.27. The minimum atomic E-state index is -0.526. The third kappa shape index (κ3) is 2.61. The van der Waals surface area contributed by atoms with Gasteiger partial charge in [0.2, 0.25) is 0 Å². The van der Waals surface area contributed by atoms with Crippen LogP contribution in [0.2, 0.25) is 0 Å². The molecule has 0 unspecified atom stereocenters. The smallest absolute Gasteiger partial charge is 0.354 e. The van der Waals surface area contributed by atoms with Crippen LogP contribution in [0, 0.1) is 6.92 Å². The van der Waals surface area contributed by atoms with Crippen LogP contribution in [0.25, 0.3) is 0 Å². The first kappa shape index (κ1) is 13.2. The van der Waals surface area contributed by atoms with Gasteiger partial charge < -0.3 is 14.5 Å². The Hall–Kier alpha value is -1.91. The quantitative estimate of drug-likeness (QED) is 0.477. The number of carbonyl (C=O) groups excluding carboxylic acids is 3. The van der Waals surface area contributed by atoms with Crippen molar-refractivity contribution in [3.05, 3.63) is 22.5 Å². The molecule has 0 radical (unpaired) electrons. The number of aryl methyl sites for hydroxylation is 1. The van der Waals surface area contributed by atoms with E-state index in [0.29, 0.717) is 23.2 Å². The van der Waals surface area contributed by atoms with Gasteiger partial charge in [0, 0.05) is 17.7 Å². The van der Waals surface area contributed by atoms with Crippen LogP contribution in [0.1, 0.15) is 45.4 Å². The molecule has 1 rings (SSSR count). The molecule has 0 aliphatic heterocycles. The number of H-pyrrole nitrogens is 1. The first-order chi connectivity index (χ1) is 8.02. The Kier molecular flexibility index (Phi) is 4.20. The number of ketones is 1. The molecule has 0 amide bonds. The van der Waals surface area contributed by atoms with Gasteiger partial charge in [0.15, 0.2) is 5.78 Å². The van der Waals surface area contributed by atoms with E-state index >= 15 is 0 Å². The number of nitrogens with one attached hydrogen (secondary N) is 1. The Morgan fingerprint density at radius 1 is 1.41 bits per heavy atom. The van der Waals surface area contributed by atoms with Crippen molar-refractivity contribution < 1.29 is 19.1 Å². The molecule has 0 aliphatic carbocycles. The molecule has 92 valence electrons. The highest BCUT2D eigenvalue weighted by Crippen LogP contribution is 2.21. The summed E-state index contributed by atoms with van der Waals surface area (Å²) in [5, 5.41) is 0. The number of carbonyl (C=O) groups is 3. The first-order valence-electron chi connectivity index (χ1n) is 5.27. The molecule has 5 nitrogen and oxygen atoms in total. The fourth-order valence-corrected chi connectivity index (χ4v) is 1.88. The summed E-state index contributed by atoms with van der Waals surface area (Å²) < 4.78 is 4.64. The van der Waals surface area contributed by atoms with Crippen molar-refractivity contribution in [3.8, 4) is 0 Å². The zero-order valence-corrected chi connectivity index (χ0v) is 10.1. The maximum atomic E-state index is 11.5. The van der Waals surface area contributed by atoms with Gasteiger partial charge in [-0.05, 0) is 25.8 Å². The largest absolute Gasteiger partial charge is 0.464 e. The Morgan fingerprint density at radius 2 is 2.06 bits per heavy atom. The molecule has 0 bridgehead atoms. The van der Waals surface area contributed by atoms with Gasteiger partial charge in [-0.25, -0.2) is 4.79 Å². The number of aldehydes is 1. The highest BCUT2D eigenvalue weighted by molar-refractivity contribution is 6.01. The van der Waals surface area contributed by atoms with E-state index in [-0.39, 0.29) is 17.9 Å². The number of methoxy groups -OCH3 is 1. The average Bonchev–Trinajstić information content (AvgIpc) is 2.62. The van der Waals surface area contributed by atoms with Crippen molar-refractivity contribution in [2.45, 2.75) is 26.7 Å². The fraction of sp³-hybridized carbons (Fsp3) is 0.417. The van der Waals surface area contributed by atoms with Gasteiger partial charge in [-0.1, -0.05) is 0 Å². The normalized spacial score (nSPS) is 10.1. The van der Waals surface area contributed by atoms with Crippen LogP contribution in [-0.2, 0) is 16.0 Å². The SMILES string of the molecule is COC(=O)c1[nH]c(C)c(C(C)=O)c1CCC=O. The molecule has 1 aromatic rings. The number of ether oxygens (including phenoxy) is 1. The number of hydrogen-bond donors (Lipinski definition) is 1. The highest BCUT2D eigenvalue weighted by atomic mass is 16.5. The summed E-state index contributed by atoms with van der Waals surface area (Å²) in [6, 6.07) is 0. The Labute approximate surface area is 99.2 Å². The van der Waals surface area contributed by atoms with E-state index in [4.69, 9.17) is 0 Å². The molecule has 1 N–H and O–H groups in total. The fourth-order valence-electron chi connectivity index (χ4n) is 1.88. The molecule has 0 saturated heterocycles. The average molecular weight is 237 g/mol. The van der Waals surface area contributed by atoms with Gasteiger partial charge in [0.1, 0.15) is 12.0 Å². The van der Waals surface area contributed by atoms with Crippen molar-refractivity contribution in [2.75, 3.05) is 7.11 Å². The van der Waals surface area contributed by atoms with Gasteiger partial charge in [0.05, 0.1) is 7.11 Å². The third-order valence-corrected chi connectivity index (χ3v) is 2.54. The summed E-state index contributed by atoms with van der Waals surface area (Å²) in [6.07, 6.45) is 1.38. The summed E-state index contributed by atoms with van der Waals surface area (Å²) in [6.45, 7) is 3.15. The van der Waals surface area contributed by atoms with Gasteiger partial charge in [-0.2, -0.15) is 0 Å². The van der Waals surface area contributed by atoms with E-state index in [9.17, 15) is 14.4 Å². The van der Waals surface area contributed by atoms with Crippen LogP contribution >= 0.6 is 0 Å². The maximum absolute atomic E-state index is 11.5. The zero-order valence-electron chi connectivity index (χ0n) is 10.1. The molecular formula is C12H15NO4. The van der Waals surface area contributed by atoms with Crippen LogP contribution in [0.3, 0.4) is 0 Å². The lowest BCUT2D eigenvalue weighted by molar-refractivity contribution is -0.107. The minimum absolute atomic E-state index is 0.130. The van der Waals surface area contributed by atoms with Crippen molar-refractivity contribution in [2.24, 2.45) is 0 Å². The Morgan fingerprint density at radius 3 is 2.53 bits per heavy atom. The van der Waals surface area contributed by atoms with Gasteiger partial charge in [-0.3, -0.25) is 4.79 Å². The van der Waals surface area contributed by atoms with Crippen LogP contribution in [0.15, 0.2) is 0 Å². The number of Topliss-reactive ketones (excluding diaryl/α,β-unsaturated/α-hetero) is 1. The molecule has 17 heavy (non-hydrogen) atoms. The molecule has 0 saturated carbocycles. The monoisotopic (exact) mass is 237 g/mol. The predicted molar refractivity (Wildman–Crippen MR) is 61.3 cm³/mol. The lowest BCUT2D eigenvalue weighted by Crippen LogP contribution is -2.07. The summed E-state index contributed by atoms with van der Waals surface area (Å²) in [5.41, 5.74) is 1.93. The molecule has 0 aromatic carbocycles. The molecule has 0 atom stereocenters. The maximum Gasteiger partial charge on any atom is 0.354 e. The second kappa shape index (κ2) is 5.43. The summed E-state index contributed by atoms with van der Waals surface area (Å²) in [4.78, 5) is 36.3. The van der Waals surface area contributed by atoms with Gasteiger partial charge >= 0.3 is 5.97 Å². The highest BCUT2D eigenvalue weighted by Gasteiger charge is 2.22. The molecule has 1 heterocycles. The molecule has 5 heteroatoms. The molecule has 0 spiro atoms. The van der Waals surface area contributed by atoms with E-state index < -0.39 is 5.97 Å². The minimum Gasteiger partial charge on any atom is -0.464 e. The number of aromatic amines is 1. The van der Waals surface area contributed by atoms with Crippen LogP contribution in [0.5, 0.6) is 0 Å². The van der Waals surface area contributed by atoms with Crippen molar-refractivity contribution in [1.29, 1.82) is 0 Å². The van der Waals surface area contributed by atoms with Crippen LogP contribution in [-0.4, -0.2) is 30.1 Å². The van der Waals surface area contributed by atoms with Crippen LogP contribution < -0.4 is 0 Å². The standard InChI is InChI=1S/C12H15NO4/c1-7-10(8(2)15)9(5-4-6-14)11(13-7)12(16)17-3/h6,13H,4-5H2,1-3H3. The number of rotatable bonds is 5. The van der Waals surface area contributed by atoms with E-state index in [1.54, 1.807) is 6.92 Å². The zero-order chi connectivity index (χ0) is 13.0. The van der Waals surface area contributed by atoms with E-state index in [2.05, 4.69) is 9.72 Å². The van der Waals surface area contributed by atoms with Crippen molar-refractivity contribution in [3.63, 3.8) is 0 Å². The molecule has 0 fully saturated rings. The third-order valence-electron chi connectivity index (χ3n) is 2.54. The number of hydrogen-bond acceptors (Lipinski definition) is 4. The first-order valence-corrected chi connectivity index (χ1v) is 5.27. The van der Waals surface area contributed by atoms with Gasteiger partial charge in [0.25, 0.3) is 0 Å². The predicted octanol–water partition coefficient (Wildman–Crippen LogP) is 1.44. The molecule has 1 aromatic heterocycles. The van der Waals surface area contributed by atoms with Crippen molar-refractivity contribution >= 4 is 18.0 Å². The second-order valence-corrected chi connectivity index (χ2v) is 3.73. The molecular weight excluding hydrogens is 222 g/mol. The Bertz CT molecular complexity index is 459. The lowest BCUT2D eigenvalue weighted by Gasteiger charge is -2.02. The van der Waals surface area contributed by atoms with Crippen molar-refractivity contribution in [1.82, 2.24) is 4.98 Å². The summed E-state index contributed by atoms with van der Waals surface area (Å²) in [5.74, 6) is -0.656. The summed E-state index contributed by atoms with van der Waals surface area (Å²) >= 11 is 0. The molecule has 0 aliphatic rings. The van der Waals surface area contributed by atoms with Crippen LogP contribution in [0.4, 0.5) is 0 Å². The van der Waals surface area contributed by atoms with Gasteiger partial charge in [-0.15, -0.1) is 0 Å². The lowest BCUT2D eigenvalue weighted by atomic mass is 10.0. The van der Waals surface area contributed by atoms with E-state index in [0.717, 1.165) is 6.29 Å². The van der Waals surface area contributed by atoms with E-state index in [1.165, 1.54) is 14.0 Å². The number of esters is 1.